The number of nitrogens with zero attached hydrogens (tertiary/aromatic N) is 4. The maximum Gasteiger partial charge on any atom is 0.240 e. The number of carbonyl (C=O) groups excluding carboxylic acids is 2. The molecule has 2 aromatic heterocycles. The second-order valence-electron chi connectivity index (χ2n) is 6.90. The van der Waals surface area contributed by atoms with Gasteiger partial charge >= 0.3 is 0 Å². The SMILES string of the molecule is CC(=O)Nc1ncc(CN2CCN(CC(=O)Nc3nc4ccccc4s3)CC2)s1. The number of piperazine rings is 1. The quantitative estimate of drug-likeness (QED) is 0.624. The van der Waals surface area contributed by atoms with Gasteiger partial charge in [0.25, 0.3) is 0 Å². The average molecular weight is 431 g/mol. The Labute approximate surface area is 176 Å². The monoisotopic (exact) mass is 430 g/mol. The molecule has 4 rings (SSSR count). The molecule has 0 bridgehead atoms. The van der Waals surface area contributed by atoms with Gasteiger partial charge in [-0.25, -0.2) is 9.97 Å². The van der Waals surface area contributed by atoms with Gasteiger partial charge in [-0.2, -0.15) is 0 Å². The molecule has 1 saturated heterocycles. The van der Waals surface area contributed by atoms with Gasteiger partial charge < -0.3 is 10.6 Å². The van der Waals surface area contributed by atoms with E-state index < -0.39 is 0 Å². The lowest BCUT2D eigenvalue weighted by atomic mass is 10.3. The van der Waals surface area contributed by atoms with E-state index in [4.69, 9.17) is 0 Å². The lowest BCUT2D eigenvalue weighted by Crippen LogP contribution is -2.48. The molecule has 0 unspecified atom stereocenters. The normalized spacial score (nSPS) is 15.5. The number of nitrogens with one attached hydrogen (secondary N) is 2. The highest BCUT2D eigenvalue weighted by atomic mass is 32.1. The van der Waals surface area contributed by atoms with Crippen LogP contribution in [0.2, 0.25) is 0 Å². The molecule has 3 heterocycles. The van der Waals surface area contributed by atoms with E-state index in [-0.39, 0.29) is 11.8 Å². The van der Waals surface area contributed by atoms with E-state index in [9.17, 15) is 9.59 Å². The first-order valence-corrected chi connectivity index (χ1v) is 11.0. The van der Waals surface area contributed by atoms with E-state index in [0.29, 0.717) is 16.8 Å². The van der Waals surface area contributed by atoms with Crippen LogP contribution < -0.4 is 10.6 Å². The molecule has 1 aliphatic heterocycles. The van der Waals surface area contributed by atoms with Crippen molar-refractivity contribution in [2.45, 2.75) is 13.5 Å². The highest BCUT2D eigenvalue weighted by Crippen LogP contribution is 2.25. The van der Waals surface area contributed by atoms with Crippen molar-refractivity contribution < 1.29 is 9.59 Å². The van der Waals surface area contributed by atoms with Crippen LogP contribution in [0.4, 0.5) is 10.3 Å². The minimum Gasteiger partial charge on any atom is -0.302 e. The maximum atomic E-state index is 12.4. The Morgan fingerprint density at radius 2 is 1.79 bits per heavy atom. The van der Waals surface area contributed by atoms with Gasteiger partial charge in [0, 0.05) is 50.7 Å². The smallest absolute Gasteiger partial charge is 0.240 e. The van der Waals surface area contributed by atoms with E-state index in [1.807, 2.05) is 30.5 Å². The first-order chi connectivity index (χ1) is 14.0. The molecule has 0 spiro atoms. The molecule has 8 nitrogen and oxygen atoms in total. The molecule has 2 amide bonds. The van der Waals surface area contributed by atoms with Crippen LogP contribution in [0.25, 0.3) is 10.2 Å². The minimum absolute atomic E-state index is 0.0279. The fourth-order valence-electron chi connectivity index (χ4n) is 3.20. The first-order valence-electron chi connectivity index (χ1n) is 9.37. The zero-order chi connectivity index (χ0) is 20.2. The number of thiazole rings is 2. The predicted octanol–water partition coefficient (Wildman–Crippen LogP) is 2.47. The van der Waals surface area contributed by atoms with E-state index in [0.717, 1.165) is 47.8 Å². The predicted molar refractivity (Wildman–Crippen MR) is 116 cm³/mol. The van der Waals surface area contributed by atoms with Crippen molar-refractivity contribution in [3.8, 4) is 0 Å². The van der Waals surface area contributed by atoms with Crippen LogP contribution in [0, 0.1) is 0 Å². The summed E-state index contributed by atoms with van der Waals surface area (Å²) in [5, 5.41) is 6.92. The second kappa shape index (κ2) is 8.95. The third kappa shape index (κ3) is 5.36. The number of anilines is 2. The number of para-hydroxylation sites is 1. The van der Waals surface area contributed by atoms with Crippen molar-refractivity contribution in [3.63, 3.8) is 0 Å². The molecule has 0 aliphatic carbocycles. The minimum atomic E-state index is -0.108. The van der Waals surface area contributed by atoms with Gasteiger partial charge in [-0.05, 0) is 12.1 Å². The Balaban J connectivity index is 1.22. The van der Waals surface area contributed by atoms with Crippen molar-refractivity contribution in [3.05, 3.63) is 35.3 Å². The first kappa shape index (κ1) is 19.9. The number of hydrogen-bond acceptors (Lipinski definition) is 8. The van der Waals surface area contributed by atoms with Crippen LogP contribution in [0.15, 0.2) is 30.5 Å². The number of hydrogen-bond donors (Lipinski definition) is 2. The second-order valence-corrected chi connectivity index (χ2v) is 9.05. The molecule has 1 aromatic carbocycles. The van der Waals surface area contributed by atoms with Crippen LogP contribution in [-0.4, -0.2) is 64.3 Å². The van der Waals surface area contributed by atoms with Gasteiger partial charge in [-0.3, -0.25) is 19.4 Å². The van der Waals surface area contributed by atoms with E-state index in [2.05, 4.69) is 30.4 Å². The summed E-state index contributed by atoms with van der Waals surface area (Å²) < 4.78 is 1.07. The van der Waals surface area contributed by atoms with Crippen molar-refractivity contribution in [2.75, 3.05) is 43.4 Å². The Hall–Kier alpha value is -2.40. The zero-order valence-electron chi connectivity index (χ0n) is 16.1. The highest BCUT2D eigenvalue weighted by Gasteiger charge is 2.20. The fourth-order valence-corrected chi connectivity index (χ4v) is 4.99. The summed E-state index contributed by atoms with van der Waals surface area (Å²) in [7, 11) is 0. The molecule has 1 fully saturated rings. The summed E-state index contributed by atoms with van der Waals surface area (Å²) in [6.07, 6.45) is 1.81. The van der Waals surface area contributed by atoms with Crippen molar-refractivity contribution in [1.82, 2.24) is 19.8 Å². The van der Waals surface area contributed by atoms with Gasteiger partial charge in [0.05, 0.1) is 16.8 Å². The van der Waals surface area contributed by atoms with Gasteiger partial charge in [0.2, 0.25) is 11.8 Å². The fraction of sp³-hybridized carbons (Fsp3) is 0.368. The van der Waals surface area contributed by atoms with E-state index in [1.165, 1.54) is 29.6 Å². The van der Waals surface area contributed by atoms with Crippen molar-refractivity contribution in [1.29, 1.82) is 0 Å². The number of benzene rings is 1. The third-order valence-corrected chi connectivity index (χ3v) is 6.44. The van der Waals surface area contributed by atoms with Crippen molar-refractivity contribution >= 4 is 55.0 Å². The lowest BCUT2D eigenvalue weighted by Gasteiger charge is -2.33. The van der Waals surface area contributed by atoms with Gasteiger partial charge in [-0.15, -0.1) is 11.3 Å². The van der Waals surface area contributed by atoms with Crippen LogP contribution in [-0.2, 0) is 16.1 Å². The molecule has 10 heteroatoms. The molecular weight excluding hydrogens is 408 g/mol. The third-order valence-electron chi connectivity index (χ3n) is 4.59. The molecule has 0 atom stereocenters. The Bertz CT molecular complexity index is 976. The Morgan fingerprint density at radius 3 is 2.55 bits per heavy atom. The highest BCUT2D eigenvalue weighted by molar-refractivity contribution is 7.22. The summed E-state index contributed by atoms with van der Waals surface area (Å²) in [5.41, 5.74) is 0.908. The molecular formula is C19H22N6O2S2. The number of rotatable bonds is 6. The summed E-state index contributed by atoms with van der Waals surface area (Å²) >= 11 is 2.99. The largest absolute Gasteiger partial charge is 0.302 e. The molecule has 3 aromatic rings. The van der Waals surface area contributed by atoms with E-state index in [1.54, 1.807) is 0 Å². The molecule has 0 saturated carbocycles. The molecule has 1 aliphatic rings. The van der Waals surface area contributed by atoms with Gasteiger partial charge in [0.1, 0.15) is 0 Å². The summed E-state index contributed by atoms with van der Waals surface area (Å²) in [6, 6.07) is 7.87. The molecule has 0 radical (unpaired) electrons. The van der Waals surface area contributed by atoms with Gasteiger partial charge in [-0.1, -0.05) is 23.5 Å². The summed E-state index contributed by atoms with van der Waals surface area (Å²) in [6.45, 7) is 6.12. The Morgan fingerprint density at radius 1 is 1.03 bits per heavy atom. The number of aromatic nitrogens is 2. The van der Waals surface area contributed by atoms with Crippen LogP contribution >= 0.6 is 22.7 Å². The lowest BCUT2D eigenvalue weighted by molar-refractivity contribution is -0.117. The number of amides is 2. The zero-order valence-corrected chi connectivity index (χ0v) is 17.7. The van der Waals surface area contributed by atoms with E-state index >= 15 is 0 Å². The number of fused-ring (bicyclic) bond motifs is 1. The Kier molecular flexibility index (Phi) is 6.14. The average Bonchev–Trinajstić information content (AvgIpc) is 3.28. The topological polar surface area (TPSA) is 90.5 Å². The summed E-state index contributed by atoms with van der Waals surface area (Å²) in [4.78, 5) is 37.8. The van der Waals surface area contributed by atoms with Gasteiger partial charge in [0.15, 0.2) is 10.3 Å². The number of carbonyl (C=O) groups is 2. The van der Waals surface area contributed by atoms with Crippen LogP contribution in [0.5, 0.6) is 0 Å². The van der Waals surface area contributed by atoms with Crippen LogP contribution in [0.1, 0.15) is 11.8 Å². The summed E-state index contributed by atoms with van der Waals surface area (Å²) in [5.74, 6) is -0.136. The standard InChI is InChI=1S/C19H22N6O2S2/c1-13(26)21-18-20-10-14(28-18)11-24-6-8-25(9-7-24)12-17(27)23-19-22-15-4-2-3-5-16(15)29-19/h2-5,10H,6-9,11-12H2,1H3,(H,20,21,26)(H,22,23,27). The maximum absolute atomic E-state index is 12.4. The molecule has 2 N–H and O–H groups in total. The van der Waals surface area contributed by atoms with Crippen LogP contribution in [0.3, 0.4) is 0 Å². The molecule has 29 heavy (non-hydrogen) atoms. The molecule has 152 valence electrons. The van der Waals surface area contributed by atoms with Crippen molar-refractivity contribution in [2.24, 2.45) is 0 Å².